The summed E-state index contributed by atoms with van der Waals surface area (Å²) >= 11 is 11.0. The molecule has 1 aliphatic rings. The van der Waals surface area contributed by atoms with Gasteiger partial charge in [0.1, 0.15) is 0 Å². The molecule has 0 amide bonds. The Kier molecular flexibility index (Phi) is 4.01. The lowest BCUT2D eigenvalue weighted by molar-refractivity contribution is 0.524. The molecule has 0 saturated heterocycles. The molecule has 0 spiro atoms. The van der Waals surface area contributed by atoms with E-state index in [9.17, 15) is 0 Å². The molecular weight excluding hydrogens is 342 g/mol. The van der Waals surface area contributed by atoms with E-state index in [2.05, 4.69) is 49.2 Å². The first-order valence-electron chi connectivity index (χ1n) is 6.56. The molecule has 1 fully saturated rings. The quantitative estimate of drug-likeness (QED) is 0.808. The van der Waals surface area contributed by atoms with Crippen LogP contribution in [0.3, 0.4) is 0 Å². The number of nitrogens with one attached hydrogen (secondary N) is 1. The number of aromatic amines is 1. The number of rotatable bonds is 3. The Balaban J connectivity index is 1.97. The Hall–Kier alpha value is -0.330. The molecule has 0 aliphatic heterocycles. The molecule has 1 N–H and O–H groups in total. The molecule has 3 rings (SSSR count). The first-order chi connectivity index (χ1) is 9.19. The van der Waals surface area contributed by atoms with Gasteiger partial charge in [-0.2, -0.15) is 11.8 Å². The molecule has 0 radical (unpaired) electrons. The van der Waals surface area contributed by atoms with Crippen LogP contribution < -0.4 is 0 Å². The predicted octanol–water partition coefficient (Wildman–Crippen LogP) is 4.70. The van der Waals surface area contributed by atoms with Crippen molar-refractivity contribution in [2.75, 3.05) is 5.75 Å². The maximum atomic E-state index is 5.48. The first-order valence-corrected chi connectivity index (χ1v) is 8.81. The second-order valence-electron chi connectivity index (χ2n) is 4.87. The first kappa shape index (κ1) is 13.6. The largest absolute Gasteiger partial charge is 0.329 e. The van der Waals surface area contributed by atoms with Crippen molar-refractivity contribution >= 4 is 51.1 Å². The van der Waals surface area contributed by atoms with Gasteiger partial charge in [-0.15, -0.1) is 0 Å². The summed E-state index contributed by atoms with van der Waals surface area (Å²) in [5, 5.41) is 0.775. The molecule has 2 aromatic heterocycles. The lowest BCUT2D eigenvalue weighted by atomic mass is 10.2. The Labute approximate surface area is 130 Å². The van der Waals surface area contributed by atoms with Crippen molar-refractivity contribution in [2.45, 2.75) is 37.5 Å². The highest BCUT2D eigenvalue weighted by atomic mass is 79.9. The van der Waals surface area contributed by atoms with Crippen LogP contribution in [0.1, 0.15) is 32.2 Å². The lowest BCUT2D eigenvalue weighted by Crippen LogP contribution is -2.07. The van der Waals surface area contributed by atoms with Gasteiger partial charge in [0.25, 0.3) is 0 Å². The normalized spacial score (nSPS) is 23.3. The van der Waals surface area contributed by atoms with E-state index in [0.717, 1.165) is 25.7 Å². The summed E-state index contributed by atoms with van der Waals surface area (Å²) in [7, 11) is 0. The molecule has 0 aromatic carbocycles. The van der Waals surface area contributed by atoms with Crippen LogP contribution in [0.4, 0.5) is 0 Å². The number of halogens is 1. The van der Waals surface area contributed by atoms with Crippen LogP contribution in [-0.2, 0) is 0 Å². The Morgan fingerprint density at radius 3 is 3.21 bits per heavy atom. The molecule has 2 unspecified atom stereocenters. The van der Waals surface area contributed by atoms with Crippen molar-refractivity contribution in [3.05, 3.63) is 21.5 Å². The SMILES string of the molecule is CCSC1CCC(n2c(=S)[nH]c3cc(Br)cnc32)C1. The monoisotopic (exact) mass is 357 g/mol. The summed E-state index contributed by atoms with van der Waals surface area (Å²) in [6, 6.07) is 2.54. The molecular formula is C13H16BrN3S2. The lowest BCUT2D eigenvalue weighted by Gasteiger charge is -2.13. The van der Waals surface area contributed by atoms with Gasteiger partial charge in [0.05, 0.1) is 5.52 Å². The minimum Gasteiger partial charge on any atom is -0.329 e. The van der Waals surface area contributed by atoms with Gasteiger partial charge < -0.3 is 4.98 Å². The molecule has 3 nitrogen and oxygen atoms in total. The van der Waals surface area contributed by atoms with Crippen LogP contribution in [0.25, 0.3) is 11.2 Å². The molecule has 102 valence electrons. The number of H-pyrrole nitrogens is 1. The molecule has 19 heavy (non-hydrogen) atoms. The third-order valence-corrected chi connectivity index (χ3v) is 5.61. The molecule has 1 saturated carbocycles. The molecule has 1 aliphatic carbocycles. The zero-order valence-corrected chi connectivity index (χ0v) is 13.9. The van der Waals surface area contributed by atoms with Gasteiger partial charge in [-0.3, -0.25) is 4.57 Å². The van der Waals surface area contributed by atoms with E-state index in [1.165, 1.54) is 25.0 Å². The highest BCUT2D eigenvalue weighted by molar-refractivity contribution is 9.10. The van der Waals surface area contributed by atoms with Crippen molar-refractivity contribution in [2.24, 2.45) is 0 Å². The van der Waals surface area contributed by atoms with Gasteiger partial charge in [0.15, 0.2) is 10.4 Å². The summed E-state index contributed by atoms with van der Waals surface area (Å²) in [6.45, 7) is 2.23. The maximum Gasteiger partial charge on any atom is 0.179 e. The van der Waals surface area contributed by atoms with E-state index in [1.54, 1.807) is 0 Å². The number of nitrogens with zero attached hydrogens (tertiary/aromatic N) is 2. The van der Waals surface area contributed by atoms with Crippen LogP contribution in [0.15, 0.2) is 16.7 Å². The van der Waals surface area contributed by atoms with Crippen LogP contribution in [0, 0.1) is 4.77 Å². The minimum absolute atomic E-state index is 0.499. The van der Waals surface area contributed by atoms with Crippen molar-refractivity contribution in [1.29, 1.82) is 0 Å². The zero-order valence-electron chi connectivity index (χ0n) is 10.7. The predicted molar refractivity (Wildman–Crippen MR) is 87.4 cm³/mol. The Morgan fingerprint density at radius 1 is 1.58 bits per heavy atom. The average Bonchev–Trinajstić information content (AvgIpc) is 2.92. The van der Waals surface area contributed by atoms with Crippen LogP contribution in [-0.4, -0.2) is 25.5 Å². The standard InChI is InChI=1S/C13H16BrN3S2/c1-2-19-10-4-3-9(6-10)17-12-11(16-13(17)18)5-8(14)7-15-12/h5,7,9-10H,2-4,6H2,1H3,(H,16,18). The van der Waals surface area contributed by atoms with Gasteiger partial charge in [-0.25, -0.2) is 4.98 Å². The average molecular weight is 358 g/mol. The van der Waals surface area contributed by atoms with Crippen molar-refractivity contribution < 1.29 is 0 Å². The number of pyridine rings is 1. The molecule has 2 aromatic rings. The number of fused-ring (bicyclic) bond motifs is 1. The smallest absolute Gasteiger partial charge is 0.179 e. The number of thioether (sulfide) groups is 1. The third kappa shape index (κ3) is 2.62. The highest BCUT2D eigenvalue weighted by Crippen LogP contribution is 2.38. The highest BCUT2D eigenvalue weighted by Gasteiger charge is 2.27. The second-order valence-corrected chi connectivity index (χ2v) is 7.75. The molecule has 2 atom stereocenters. The van der Waals surface area contributed by atoms with E-state index >= 15 is 0 Å². The van der Waals surface area contributed by atoms with Crippen LogP contribution >= 0.6 is 39.9 Å². The van der Waals surface area contributed by atoms with Crippen molar-refractivity contribution in [1.82, 2.24) is 14.5 Å². The second kappa shape index (κ2) is 5.58. The number of aromatic nitrogens is 3. The maximum absolute atomic E-state index is 5.48. The van der Waals surface area contributed by atoms with Crippen LogP contribution in [0.5, 0.6) is 0 Å². The van der Waals surface area contributed by atoms with Gasteiger partial charge in [-0.1, -0.05) is 6.92 Å². The number of hydrogen-bond acceptors (Lipinski definition) is 3. The van der Waals surface area contributed by atoms with Gasteiger partial charge >= 0.3 is 0 Å². The minimum atomic E-state index is 0.499. The zero-order chi connectivity index (χ0) is 13.4. The fourth-order valence-electron chi connectivity index (χ4n) is 2.87. The van der Waals surface area contributed by atoms with Crippen molar-refractivity contribution in [3.8, 4) is 0 Å². The van der Waals surface area contributed by atoms with E-state index in [0.29, 0.717) is 6.04 Å². The summed E-state index contributed by atoms with van der Waals surface area (Å²) in [4.78, 5) is 7.80. The number of imidazole rings is 1. The summed E-state index contributed by atoms with van der Waals surface area (Å²) in [5.41, 5.74) is 2.01. The molecule has 2 heterocycles. The molecule has 6 heteroatoms. The summed E-state index contributed by atoms with van der Waals surface area (Å²) in [6.07, 6.45) is 5.54. The van der Waals surface area contributed by atoms with E-state index in [-0.39, 0.29) is 0 Å². The van der Waals surface area contributed by atoms with Gasteiger partial charge in [0, 0.05) is 22.0 Å². The van der Waals surface area contributed by atoms with Gasteiger partial charge in [-0.05, 0) is 59.2 Å². The summed E-state index contributed by atoms with van der Waals surface area (Å²) in [5.74, 6) is 1.20. The van der Waals surface area contributed by atoms with E-state index in [4.69, 9.17) is 12.2 Å². The van der Waals surface area contributed by atoms with Crippen molar-refractivity contribution in [3.63, 3.8) is 0 Å². The topological polar surface area (TPSA) is 33.6 Å². The third-order valence-electron chi connectivity index (χ3n) is 3.65. The van der Waals surface area contributed by atoms with Crippen LogP contribution in [0.2, 0.25) is 0 Å². The van der Waals surface area contributed by atoms with E-state index < -0.39 is 0 Å². The summed E-state index contributed by atoms with van der Waals surface area (Å²) < 4.78 is 4.00. The Morgan fingerprint density at radius 2 is 2.42 bits per heavy atom. The Bertz CT molecular complexity index is 649. The van der Waals surface area contributed by atoms with Gasteiger partial charge in [0.2, 0.25) is 0 Å². The number of hydrogen-bond donors (Lipinski definition) is 1. The molecule has 0 bridgehead atoms. The fourth-order valence-corrected chi connectivity index (χ4v) is 4.67. The fraction of sp³-hybridized carbons (Fsp3) is 0.538. The van der Waals surface area contributed by atoms with E-state index in [1.807, 2.05) is 12.3 Å².